The lowest BCUT2D eigenvalue weighted by molar-refractivity contribution is -0.138. The van der Waals surface area contributed by atoms with Gasteiger partial charge in [0.15, 0.2) is 0 Å². The van der Waals surface area contributed by atoms with Crippen molar-refractivity contribution in [2.75, 3.05) is 19.7 Å². The molecule has 0 spiro atoms. The summed E-state index contributed by atoms with van der Waals surface area (Å²) in [6, 6.07) is 15.4. The first-order valence-corrected chi connectivity index (χ1v) is 12.8. The Balaban J connectivity index is 1.45. The second-order valence-corrected chi connectivity index (χ2v) is 10.2. The van der Waals surface area contributed by atoms with Crippen molar-refractivity contribution in [2.24, 2.45) is 5.92 Å². The van der Waals surface area contributed by atoms with Crippen LogP contribution in [0.15, 0.2) is 72.9 Å². The zero-order valence-electron chi connectivity index (χ0n) is 21.8. The maximum atomic E-state index is 13.3. The summed E-state index contributed by atoms with van der Waals surface area (Å²) >= 11 is 0. The smallest absolute Gasteiger partial charge is 0.419 e. The van der Waals surface area contributed by atoms with Crippen LogP contribution < -0.4 is 9.47 Å². The van der Waals surface area contributed by atoms with Crippen molar-refractivity contribution in [1.29, 1.82) is 0 Å². The van der Waals surface area contributed by atoms with Crippen LogP contribution in [-0.2, 0) is 6.18 Å². The van der Waals surface area contributed by atoms with Crippen molar-refractivity contribution < 1.29 is 32.9 Å². The highest BCUT2D eigenvalue weighted by atomic mass is 19.4. The van der Waals surface area contributed by atoms with Crippen LogP contribution in [0.2, 0.25) is 0 Å². The first-order valence-electron chi connectivity index (χ1n) is 12.8. The normalized spacial score (nSPS) is 19.1. The lowest BCUT2D eigenvalue weighted by atomic mass is 9.85. The number of aromatic hydroxyl groups is 2. The summed E-state index contributed by atoms with van der Waals surface area (Å²) in [6.45, 7) is 10.5. The number of ether oxygens (including phenoxy) is 2. The Bertz CT molecular complexity index is 1430. The molecule has 0 radical (unpaired) electrons. The molecule has 3 aromatic rings. The minimum Gasteiger partial charge on any atom is -0.508 e. The predicted octanol–water partition coefficient (Wildman–Crippen LogP) is 7.42. The molecule has 0 amide bonds. The van der Waals surface area contributed by atoms with Gasteiger partial charge in [-0.3, -0.25) is 0 Å². The zero-order chi connectivity index (χ0) is 27.9. The standard InChI is InChI=1S/C31H30F3NO4/c1-18-12-13-35(16-18)19(2)17-38-24-8-4-21(5-9-24)30-29(20(3)25-15-23(36)7-11-28(25)39-30)22-6-10-26(27(37)14-22)31(32,33)34/h4-11,14-15,18,30,36-37H,2,12-13,16-17H2,1,3H3/t18-,30?/m1/s1. The van der Waals surface area contributed by atoms with E-state index in [4.69, 9.17) is 9.47 Å². The Morgan fingerprint density at radius 3 is 2.46 bits per heavy atom. The summed E-state index contributed by atoms with van der Waals surface area (Å²) in [5.74, 6) is 1.01. The van der Waals surface area contributed by atoms with Crippen LogP contribution in [0.3, 0.4) is 0 Å². The fourth-order valence-corrected chi connectivity index (χ4v) is 5.20. The van der Waals surface area contributed by atoms with Crippen molar-refractivity contribution in [3.8, 4) is 23.0 Å². The lowest BCUT2D eigenvalue weighted by Crippen LogP contribution is -2.23. The quantitative estimate of drug-likeness (QED) is 0.343. The zero-order valence-corrected chi connectivity index (χ0v) is 21.8. The van der Waals surface area contributed by atoms with Gasteiger partial charge < -0.3 is 24.6 Å². The number of benzene rings is 3. The molecule has 1 unspecified atom stereocenters. The summed E-state index contributed by atoms with van der Waals surface area (Å²) in [7, 11) is 0. The number of likely N-dealkylation sites (tertiary alicyclic amines) is 1. The number of rotatable bonds is 6. The van der Waals surface area contributed by atoms with Gasteiger partial charge in [0.2, 0.25) is 0 Å². The maximum absolute atomic E-state index is 13.3. The fraction of sp³-hybridized carbons (Fsp3) is 0.290. The van der Waals surface area contributed by atoms with Gasteiger partial charge in [0.1, 0.15) is 35.7 Å². The minimum atomic E-state index is -4.68. The van der Waals surface area contributed by atoms with E-state index in [9.17, 15) is 23.4 Å². The SMILES string of the molecule is C=C(COc1ccc(C2Oc3ccc(O)cc3C(C)=C2c2ccc(C(F)(F)F)c(O)c2)cc1)N1CC[C@@H](C)C1. The lowest BCUT2D eigenvalue weighted by Gasteiger charge is -2.31. The van der Waals surface area contributed by atoms with Crippen molar-refractivity contribution in [2.45, 2.75) is 32.5 Å². The molecule has 2 aliphatic heterocycles. The first-order chi connectivity index (χ1) is 18.5. The van der Waals surface area contributed by atoms with E-state index >= 15 is 0 Å². The monoisotopic (exact) mass is 537 g/mol. The van der Waals surface area contributed by atoms with Gasteiger partial charge in [-0.05, 0) is 78.4 Å². The van der Waals surface area contributed by atoms with Gasteiger partial charge in [0, 0.05) is 29.9 Å². The Morgan fingerprint density at radius 1 is 1.08 bits per heavy atom. The van der Waals surface area contributed by atoms with Crippen molar-refractivity contribution in [3.05, 3.63) is 95.2 Å². The van der Waals surface area contributed by atoms with Crippen molar-refractivity contribution in [3.63, 3.8) is 0 Å². The summed E-state index contributed by atoms with van der Waals surface area (Å²) < 4.78 is 52.2. The summed E-state index contributed by atoms with van der Waals surface area (Å²) in [4.78, 5) is 2.24. The van der Waals surface area contributed by atoms with Gasteiger partial charge in [0.25, 0.3) is 0 Å². The van der Waals surface area contributed by atoms with E-state index < -0.39 is 23.6 Å². The molecule has 1 saturated heterocycles. The third kappa shape index (κ3) is 5.41. The van der Waals surface area contributed by atoms with Crippen LogP contribution in [0.5, 0.6) is 23.0 Å². The number of phenols is 2. The Labute approximate surface area is 225 Å². The third-order valence-corrected chi connectivity index (χ3v) is 7.35. The molecule has 0 bridgehead atoms. The molecule has 5 nitrogen and oxygen atoms in total. The Morgan fingerprint density at radius 2 is 1.82 bits per heavy atom. The number of phenolic OH excluding ortho intramolecular Hbond substituents is 2. The molecule has 0 saturated carbocycles. The number of fused-ring (bicyclic) bond motifs is 1. The molecule has 2 aliphatic rings. The van der Waals surface area contributed by atoms with Crippen LogP contribution >= 0.6 is 0 Å². The van der Waals surface area contributed by atoms with E-state index in [1.165, 1.54) is 12.1 Å². The van der Waals surface area contributed by atoms with Crippen LogP contribution in [0.25, 0.3) is 11.1 Å². The van der Waals surface area contributed by atoms with E-state index in [0.717, 1.165) is 42.9 Å². The molecular weight excluding hydrogens is 507 g/mol. The molecule has 1 fully saturated rings. The van der Waals surface area contributed by atoms with Crippen molar-refractivity contribution >= 4 is 11.1 Å². The minimum absolute atomic E-state index is 0.0382. The highest BCUT2D eigenvalue weighted by Gasteiger charge is 2.35. The Kier molecular flexibility index (Phi) is 6.97. The van der Waals surface area contributed by atoms with Gasteiger partial charge in [-0.25, -0.2) is 0 Å². The third-order valence-electron chi connectivity index (χ3n) is 7.35. The van der Waals surface area contributed by atoms with E-state index in [-0.39, 0.29) is 5.75 Å². The second kappa shape index (κ2) is 10.2. The first kappa shape index (κ1) is 26.5. The number of allylic oxidation sites excluding steroid dienone is 1. The largest absolute Gasteiger partial charge is 0.508 e. The summed E-state index contributed by atoms with van der Waals surface area (Å²) in [5, 5.41) is 20.3. The maximum Gasteiger partial charge on any atom is 0.419 e. The average molecular weight is 538 g/mol. The van der Waals surface area contributed by atoms with Gasteiger partial charge in [-0.2, -0.15) is 13.2 Å². The van der Waals surface area contributed by atoms with Gasteiger partial charge in [-0.1, -0.05) is 31.7 Å². The topological polar surface area (TPSA) is 62.2 Å². The molecular formula is C31H30F3NO4. The Hall–Kier alpha value is -4.07. The summed E-state index contributed by atoms with van der Waals surface area (Å²) in [5.41, 5.74) is 2.88. The molecule has 5 rings (SSSR count). The molecule has 39 heavy (non-hydrogen) atoms. The molecule has 2 N–H and O–H groups in total. The highest BCUT2D eigenvalue weighted by molar-refractivity contribution is 5.96. The highest BCUT2D eigenvalue weighted by Crippen LogP contribution is 2.48. The van der Waals surface area contributed by atoms with E-state index in [1.54, 1.807) is 12.1 Å². The molecule has 0 aliphatic carbocycles. The number of alkyl halides is 3. The summed E-state index contributed by atoms with van der Waals surface area (Å²) in [6.07, 6.45) is -4.21. The van der Waals surface area contributed by atoms with Gasteiger partial charge in [-0.15, -0.1) is 0 Å². The van der Waals surface area contributed by atoms with Crippen LogP contribution in [0.4, 0.5) is 13.2 Å². The molecule has 0 aromatic heterocycles. The molecule has 8 heteroatoms. The van der Waals surface area contributed by atoms with Gasteiger partial charge >= 0.3 is 6.18 Å². The number of halogens is 3. The van der Waals surface area contributed by atoms with Gasteiger partial charge in [0.05, 0.1) is 5.56 Å². The van der Waals surface area contributed by atoms with E-state index in [0.29, 0.717) is 46.3 Å². The fourth-order valence-electron chi connectivity index (χ4n) is 5.20. The number of hydrogen-bond donors (Lipinski definition) is 2. The van der Waals surface area contributed by atoms with Crippen LogP contribution in [0.1, 0.15) is 48.6 Å². The van der Waals surface area contributed by atoms with Crippen LogP contribution in [-0.4, -0.2) is 34.8 Å². The van der Waals surface area contributed by atoms with Crippen molar-refractivity contribution in [1.82, 2.24) is 4.90 Å². The predicted molar refractivity (Wildman–Crippen MR) is 144 cm³/mol. The molecule has 204 valence electrons. The van der Waals surface area contributed by atoms with E-state index in [1.807, 2.05) is 31.2 Å². The molecule has 3 aromatic carbocycles. The second-order valence-electron chi connectivity index (χ2n) is 10.2. The molecule has 2 atom stereocenters. The number of hydrogen-bond acceptors (Lipinski definition) is 5. The average Bonchev–Trinajstić information content (AvgIpc) is 3.33. The number of nitrogens with zero attached hydrogens (tertiary/aromatic N) is 1. The molecule has 2 heterocycles. The van der Waals surface area contributed by atoms with E-state index in [2.05, 4.69) is 18.4 Å². The van der Waals surface area contributed by atoms with Crippen LogP contribution in [0, 0.1) is 5.92 Å².